The van der Waals surface area contributed by atoms with Gasteiger partial charge in [0.2, 0.25) is 0 Å². The fourth-order valence-corrected chi connectivity index (χ4v) is 0.872. The molecular formula is C7H15NO. The molecule has 2 heteroatoms. The summed E-state index contributed by atoms with van der Waals surface area (Å²) >= 11 is 0. The van der Waals surface area contributed by atoms with E-state index in [0.29, 0.717) is 5.76 Å². The van der Waals surface area contributed by atoms with Crippen LogP contribution >= 0.6 is 0 Å². The highest BCUT2D eigenvalue weighted by atomic mass is 16.3. The summed E-state index contributed by atoms with van der Waals surface area (Å²) in [5.74, 6) is 0.513. The van der Waals surface area contributed by atoms with Gasteiger partial charge in [0.1, 0.15) is 5.76 Å². The molecule has 0 fully saturated rings. The van der Waals surface area contributed by atoms with Crippen molar-refractivity contribution < 1.29 is 5.11 Å². The highest BCUT2D eigenvalue weighted by Crippen LogP contribution is 2.02. The molecule has 1 rings (SSSR count). The lowest BCUT2D eigenvalue weighted by atomic mass is 10.2. The van der Waals surface area contributed by atoms with Crippen molar-refractivity contribution in [2.75, 3.05) is 20.1 Å². The third kappa shape index (κ3) is 2.51. The molecule has 9 heavy (non-hydrogen) atoms. The lowest BCUT2D eigenvalue weighted by molar-refractivity contribution is 0.272. The van der Waals surface area contributed by atoms with E-state index < -0.39 is 0 Å². The molecule has 0 amide bonds. The molecule has 0 saturated heterocycles. The summed E-state index contributed by atoms with van der Waals surface area (Å²) in [6.07, 6.45) is 2.86. The molecule has 0 aromatic rings. The zero-order valence-electron chi connectivity index (χ0n) is 5.09. The van der Waals surface area contributed by atoms with E-state index in [1.165, 1.54) is 0 Å². The number of nitrogens with zero attached hydrogens (tertiary/aromatic N) is 1. The molecule has 0 atom stereocenters. The molecule has 0 aromatic carbocycles. The SMILES string of the molecule is C.CN1CCC=C(O)C1. The van der Waals surface area contributed by atoms with Crippen LogP contribution in [-0.2, 0) is 0 Å². The van der Waals surface area contributed by atoms with E-state index in [4.69, 9.17) is 5.11 Å². The summed E-state index contributed by atoms with van der Waals surface area (Å²) in [7, 11) is 2.00. The van der Waals surface area contributed by atoms with Crippen molar-refractivity contribution in [3.8, 4) is 0 Å². The second-order valence-corrected chi connectivity index (χ2v) is 2.22. The van der Waals surface area contributed by atoms with Gasteiger partial charge >= 0.3 is 0 Å². The van der Waals surface area contributed by atoms with Crippen LogP contribution in [0.3, 0.4) is 0 Å². The minimum Gasteiger partial charge on any atom is -0.511 e. The van der Waals surface area contributed by atoms with Crippen LogP contribution in [0.2, 0.25) is 0 Å². The molecule has 0 unspecified atom stereocenters. The molecule has 0 spiro atoms. The van der Waals surface area contributed by atoms with Crippen LogP contribution in [-0.4, -0.2) is 30.1 Å². The summed E-state index contributed by atoms with van der Waals surface area (Å²) in [6, 6.07) is 0. The fraction of sp³-hybridized carbons (Fsp3) is 0.714. The van der Waals surface area contributed by atoms with Gasteiger partial charge in [0, 0.05) is 6.54 Å². The van der Waals surface area contributed by atoms with Gasteiger partial charge < -0.3 is 5.11 Å². The Morgan fingerprint density at radius 3 is 2.67 bits per heavy atom. The smallest absolute Gasteiger partial charge is 0.102 e. The molecule has 0 radical (unpaired) electrons. The third-order valence-electron chi connectivity index (χ3n) is 1.32. The topological polar surface area (TPSA) is 23.5 Å². The van der Waals surface area contributed by atoms with Gasteiger partial charge in [-0.2, -0.15) is 0 Å². The maximum Gasteiger partial charge on any atom is 0.102 e. The van der Waals surface area contributed by atoms with Crippen molar-refractivity contribution in [2.24, 2.45) is 0 Å². The number of aliphatic hydroxyl groups excluding tert-OH is 1. The first-order valence-electron chi connectivity index (χ1n) is 2.85. The molecule has 1 N–H and O–H groups in total. The zero-order valence-corrected chi connectivity index (χ0v) is 5.09. The van der Waals surface area contributed by atoms with Crippen LogP contribution in [0.5, 0.6) is 0 Å². The van der Waals surface area contributed by atoms with Gasteiger partial charge in [-0.3, -0.25) is 4.90 Å². The standard InChI is InChI=1S/C6H11NO.CH4/c1-7-4-2-3-6(8)5-7;/h3,8H,2,4-5H2,1H3;1H4. The van der Waals surface area contributed by atoms with E-state index in [9.17, 15) is 0 Å². The Morgan fingerprint density at radius 2 is 2.33 bits per heavy atom. The van der Waals surface area contributed by atoms with Crippen LogP contribution in [0.15, 0.2) is 11.8 Å². The van der Waals surface area contributed by atoms with Crippen molar-refractivity contribution in [1.29, 1.82) is 0 Å². The molecule has 0 saturated carbocycles. The predicted octanol–water partition coefficient (Wildman–Crippen LogP) is 1.40. The highest BCUT2D eigenvalue weighted by molar-refractivity contribution is 4.97. The molecule has 0 aliphatic carbocycles. The lowest BCUT2D eigenvalue weighted by Gasteiger charge is -2.18. The molecule has 1 aliphatic heterocycles. The Hall–Kier alpha value is -0.500. The summed E-state index contributed by atoms with van der Waals surface area (Å²) < 4.78 is 0. The number of hydrogen-bond acceptors (Lipinski definition) is 2. The minimum absolute atomic E-state index is 0. The average Bonchev–Trinajstić information content (AvgIpc) is 1.64. The van der Waals surface area contributed by atoms with Crippen LogP contribution in [0, 0.1) is 0 Å². The third-order valence-corrected chi connectivity index (χ3v) is 1.32. The maximum atomic E-state index is 8.90. The molecule has 1 heterocycles. The van der Waals surface area contributed by atoms with Gasteiger partial charge in [0.25, 0.3) is 0 Å². The number of hydrogen-bond donors (Lipinski definition) is 1. The quantitative estimate of drug-likeness (QED) is 0.534. The first-order chi connectivity index (χ1) is 3.79. The Labute approximate surface area is 56.8 Å². The summed E-state index contributed by atoms with van der Waals surface area (Å²) in [5.41, 5.74) is 0. The molecule has 0 aromatic heterocycles. The average molecular weight is 129 g/mol. The van der Waals surface area contributed by atoms with Crippen molar-refractivity contribution in [1.82, 2.24) is 4.90 Å². The predicted molar refractivity (Wildman–Crippen MR) is 39.6 cm³/mol. The van der Waals surface area contributed by atoms with Gasteiger partial charge in [-0.25, -0.2) is 0 Å². The van der Waals surface area contributed by atoms with Crippen molar-refractivity contribution in [2.45, 2.75) is 13.8 Å². The van der Waals surface area contributed by atoms with E-state index in [0.717, 1.165) is 19.5 Å². The Balaban J connectivity index is 0.000000640. The Kier molecular flexibility index (Phi) is 3.32. The van der Waals surface area contributed by atoms with E-state index in [-0.39, 0.29) is 7.43 Å². The monoisotopic (exact) mass is 129 g/mol. The second-order valence-electron chi connectivity index (χ2n) is 2.22. The lowest BCUT2D eigenvalue weighted by Crippen LogP contribution is -2.25. The van der Waals surface area contributed by atoms with E-state index >= 15 is 0 Å². The van der Waals surface area contributed by atoms with E-state index in [1.807, 2.05) is 13.1 Å². The maximum absolute atomic E-state index is 8.90. The first kappa shape index (κ1) is 8.50. The molecule has 1 aliphatic rings. The number of likely N-dealkylation sites (N-methyl/N-ethyl adjacent to an activating group) is 1. The molecular weight excluding hydrogens is 114 g/mol. The summed E-state index contributed by atoms with van der Waals surface area (Å²) in [5, 5.41) is 8.90. The number of rotatable bonds is 0. The van der Waals surface area contributed by atoms with Crippen molar-refractivity contribution in [3.05, 3.63) is 11.8 Å². The summed E-state index contributed by atoms with van der Waals surface area (Å²) in [6.45, 7) is 1.80. The normalized spacial score (nSPS) is 20.3. The molecule has 54 valence electrons. The first-order valence-corrected chi connectivity index (χ1v) is 2.85. The number of aliphatic hydroxyl groups is 1. The van der Waals surface area contributed by atoms with Gasteiger partial charge in [-0.05, 0) is 19.5 Å². The van der Waals surface area contributed by atoms with Crippen LogP contribution in [0.1, 0.15) is 13.8 Å². The Morgan fingerprint density at radius 1 is 1.67 bits per heavy atom. The molecule has 2 nitrogen and oxygen atoms in total. The van der Waals surface area contributed by atoms with Gasteiger partial charge in [-0.1, -0.05) is 7.43 Å². The fourth-order valence-electron chi connectivity index (χ4n) is 0.872. The van der Waals surface area contributed by atoms with Crippen molar-refractivity contribution in [3.63, 3.8) is 0 Å². The highest BCUT2D eigenvalue weighted by Gasteiger charge is 2.04. The summed E-state index contributed by atoms with van der Waals surface area (Å²) in [4.78, 5) is 2.09. The van der Waals surface area contributed by atoms with Crippen molar-refractivity contribution >= 4 is 0 Å². The van der Waals surface area contributed by atoms with E-state index in [1.54, 1.807) is 0 Å². The van der Waals surface area contributed by atoms with Crippen LogP contribution < -0.4 is 0 Å². The minimum atomic E-state index is 0. The van der Waals surface area contributed by atoms with E-state index in [2.05, 4.69) is 4.90 Å². The van der Waals surface area contributed by atoms with Crippen LogP contribution in [0.4, 0.5) is 0 Å². The zero-order chi connectivity index (χ0) is 5.98. The second kappa shape index (κ2) is 3.51. The Bertz CT molecular complexity index is 109. The van der Waals surface area contributed by atoms with Crippen LogP contribution in [0.25, 0.3) is 0 Å². The van der Waals surface area contributed by atoms with Gasteiger partial charge in [-0.15, -0.1) is 0 Å². The molecule has 0 bridgehead atoms. The largest absolute Gasteiger partial charge is 0.511 e. The van der Waals surface area contributed by atoms with Gasteiger partial charge in [0.05, 0.1) is 6.54 Å². The van der Waals surface area contributed by atoms with Gasteiger partial charge in [0.15, 0.2) is 0 Å².